The maximum Gasteiger partial charge on any atom is 0.166 e. The monoisotopic (exact) mass is 346 g/mol. The summed E-state index contributed by atoms with van der Waals surface area (Å²) in [7, 11) is 0. The van der Waals surface area contributed by atoms with Crippen LogP contribution in [0, 0.1) is 23.3 Å². The van der Waals surface area contributed by atoms with Crippen molar-refractivity contribution in [1.82, 2.24) is 0 Å². The van der Waals surface area contributed by atoms with Crippen LogP contribution in [0.2, 0.25) is 0 Å². The van der Waals surface area contributed by atoms with Gasteiger partial charge in [0.1, 0.15) is 0 Å². The Balaban J connectivity index is 3.75. The molecule has 0 spiro atoms. The highest BCUT2D eigenvalue weighted by atomic mass is 19.2. The van der Waals surface area contributed by atoms with Crippen molar-refractivity contribution in [2.24, 2.45) is 0 Å². The van der Waals surface area contributed by atoms with Gasteiger partial charge in [-0.05, 0) is 36.5 Å². The zero-order valence-electron chi connectivity index (χ0n) is 15.8. The van der Waals surface area contributed by atoms with Crippen LogP contribution in [0.5, 0.6) is 0 Å². The third-order valence-electron chi connectivity index (χ3n) is 5.63. The van der Waals surface area contributed by atoms with Crippen LogP contribution in [0.3, 0.4) is 0 Å². The van der Waals surface area contributed by atoms with E-state index in [2.05, 4.69) is 0 Å². The van der Waals surface area contributed by atoms with Crippen molar-refractivity contribution in [3.8, 4) is 0 Å². The van der Waals surface area contributed by atoms with Gasteiger partial charge in [-0.15, -0.1) is 0 Å². The molecule has 0 aliphatic rings. The number of hydrogen-bond donors (Lipinski definition) is 0. The van der Waals surface area contributed by atoms with Crippen LogP contribution in [0.25, 0.3) is 0 Å². The summed E-state index contributed by atoms with van der Waals surface area (Å²) in [4.78, 5) is 0. The van der Waals surface area contributed by atoms with E-state index in [1.165, 1.54) is 0 Å². The Morgan fingerprint density at radius 3 is 1.00 bits per heavy atom. The van der Waals surface area contributed by atoms with Gasteiger partial charge < -0.3 is 0 Å². The second-order valence-electron chi connectivity index (χ2n) is 7.33. The molecule has 1 rings (SSSR count). The zero-order valence-corrected chi connectivity index (χ0v) is 15.8. The van der Waals surface area contributed by atoms with Gasteiger partial charge in [0.25, 0.3) is 0 Å². The maximum atomic E-state index is 14.8. The van der Waals surface area contributed by atoms with Gasteiger partial charge in [0, 0.05) is 11.1 Å². The van der Waals surface area contributed by atoms with Crippen LogP contribution in [0.15, 0.2) is 0 Å². The molecule has 0 radical (unpaired) electrons. The highest BCUT2D eigenvalue weighted by Crippen LogP contribution is 2.43. The van der Waals surface area contributed by atoms with E-state index >= 15 is 0 Å². The van der Waals surface area contributed by atoms with E-state index in [1.807, 2.05) is 13.8 Å². The van der Waals surface area contributed by atoms with E-state index in [0.29, 0.717) is 38.5 Å². The van der Waals surface area contributed by atoms with Gasteiger partial charge >= 0.3 is 0 Å². The first kappa shape index (κ1) is 21.0. The summed E-state index contributed by atoms with van der Waals surface area (Å²) in [6, 6.07) is 0. The van der Waals surface area contributed by atoms with E-state index < -0.39 is 45.2 Å². The van der Waals surface area contributed by atoms with Gasteiger partial charge in [-0.2, -0.15) is 0 Å². The van der Waals surface area contributed by atoms with Crippen molar-refractivity contribution >= 4 is 0 Å². The topological polar surface area (TPSA) is 0 Å². The van der Waals surface area contributed by atoms with Gasteiger partial charge in [-0.1, -0.05) is 54.4 Å². The van der Waals surface area contributed by atoms with Crippen LogP contribution >= 0.6 is 0 Å². The second-order valence-corrected chi connectivity index (χ2v) is 7.33. The first-order chi connectivity index (χ1) is 11.1. The second kappa shape index (κ2) is 7.88. The lowest BCUT2D eigenvalue weighted by Crippen LogP contribution is -2.30. The fourth-order valence-electron chi connectivity index (χ4n) is 3.75. The molecule has 24 heavy (non-hydrogen) atoms. The first-order valence-corrected chi connectivity index (χ1v) is 9.00. The Bertz CT molecular complexity index is 501. The van der Waals surface area contributed by atoms with E-state index in [1.54, 1.807) is 27.7 Å². The van der Waals surface area contributed by atoms with Crippen LogP contribution in [-0.4, -0.2) is 0 Å². The van der Waals surface area contributed by atoms with E-state index in [4.69, 9.17) is 0 Å². The standard InChI is InChI=1S/C20H30F4/c1-7-11-19(5,9-3)13-15(21)17(23)14(18(24)16(13)22)20(6,10-4)12-8-2/h7-12H2,1-6H3. The molecule has 2 atom stereocenters. The fraction of sp³-hybridized carbons (Fsp3) is 0.700. The van der Waals surface area contributed by atoms with Crippen LogP contribution in [-0.2, 0) is 10.8 Å². The SMILES string of the molecule is CCCC(C)(CC)c1c(F)c(F)c(C(C)(CC)CCC)c(F)c1F. The Morgan fingerprint density at radius 2 is 0.833 bits per heavy atom. The lowest BCUT2D eigenvalue weighted by molar-refractivity contribution is 0.316. The molecule has 0 heterocycles. The lowest BCUT2D eigenvalue weighted by atomic mass is 9.72. The molecule has 0 aliphatic heterocycles. The van der Waals surface area contributed by atoms with Crippen LogP contribution < -0.4 is 0 Å². The Kier molecular flexibility index (Phi) is 6.89. The van der Waals surface area contributed by atoms with Gasteiger partial charge in [-0.3, -0.25) is 0 Å². The molecule has 0 saturated carbocycles. The Morgan fingerprint density at radius 1 is 0.583 bits per heavy atom. The summed E-state index contributed by atoms with van der Waals surface area (Å²) in [5.41, 5.74) is -2.73. The number of benzene rings is 1. The molecule has 0 N–H and O–H groups in total. The minimum atomic E-state index is -1.22. The molecule has 4 heteroatoms. The molecule has 0 aromatic heterocycles. The Labute approximate surface area is 143 Å². The predicted molar refractivity (Wildman–Crippen MR) is 91.4 cm³/mol. The van der Waals surface area contributed by atoms with Gasteiger partial charge in [0.15, 0.2) is 23.3 Å². The average molecular weight is 346 g/mol. The van der Waals surface area contributed by atoms with E-state index in [0.717, 1.165) is 0 Å². The summed E-state index contributed by atoms with van der Waals surface area (Å²) in [6.07, 6.45) is 3.11. The smallest absolute Gasteiger partial charge is 0.166 e. The van der Waals surface area contributed by atoms with Gasteiger partial charge in [-0.25, -0.2) is 17.6 Å². The highest BCUT2D eigenvalue weighted by molar-refractivity contribution is 5.38. The van der Waals surface area contributed by atoms with E-state index in [9.17, 15) is 17.6 Å². The summed E-state index contributed by atoms with van der Waals surface area (Å²) in [5.74, 6) is -4.90. The number of hydrogen-bond acceptors (Lipinski definition) is 0. The van der Waals surface area contributed by atoms with Crippen LogP contribution in [0.4, 0.5) is 17.6 Å². The summed E-state index contributed by atoms with van der Waals surface area (Å²) in [6.45, 7) is 10.7. The molecule has 2 unspecified atom stereocenters. The minimum Gasteiger partial charge on any atom is -0.203 e. The van der Waals surface area contributed by atoms with Crippen molar-refractivity contribution in [3.63, 3.8) is 0 Å². The van der Waals surface area contributed by atoms with Crippen molar-refractivity contribution in [1.29, 1.82) is 0 Å². The molecule has 1 aromatic carbocycles. The van der Waals surface area contributed by atoms with Crippen molar-refractivity contribution in [3.05, 3.63) is 34.4 Å². The zero-order chi connectivity index (χ0) is 18.7. The Hall–Kier alpha value is -1.06. The van der Waals surface area contributed by atoms with Crippen molar-refractivity contribution in [2.45, 2.75) is 90.9 Å². The highest BCUT2D eigenvalue weighted by Gasteiger charge is 2.40. The third kappa shape index (κ3) is 3.48. The molecular weight excluding hydrogens is 316 g/mol. The molecular formula is C20H30F4. The van der Waals surface area contributed by atoms with Crippen molar-refractivity contribution < 1.29 is 17.6 Å². The molecule has 1 aromatic rings. The lowest BCUT2D eigenvalue weighted by Gasteiger charge is -2.33. The number of halogens is 4. The van der Waals surface area contributed by atoms with E-state index in [-0.39, 0.29) is 0 Å². The van der Waals surface area contributed by atoms with Gasteiger partial charge in [0.05, 0.1) is 0 Å². The van der Waals surface area contributed by atoms with Crippen molar-refractivity contribution in [2.75, 3.05) is 0 Å². The average Bonchev–Trinajstić information content (AvgIpc) is 2.53. The third-order valence-corrected chi connectivity index (χ3v) is 5.63. The molecule has 0 fully saturated rings. The normalized spacial score (nSPS) is 16.8. The van der Waals surface area contributed by atoms with Crippen LogP contribution in [0.1, 0.15) is 91.2 Å². The molecule has 0 bridgehead atoms. The summed E-state index contributed by atoms with van der Waals surface area (Å²) in [5, 5.41) is 0. The quantitative estimate of drug-likeness (QED) is 0.345. The molecule has 138 valence electrons. The largest absolute Gasteiger partial charge is 0.203 e. The summed E-state index contributed by atoms with van der Waals surface area (Å²) < 4.78 is 59.3. The minimum absolute atomic E-state index is 0.410. The molecule has 0 nitrogen and oxygen atoms in total. The molecule has 0 saturated heterocycles. The molecule has 0 amide bonds. The molecule has 0 aliphatic carbocycles. The fourth-order valence-corrected chi connectivity index (χ4v) is 3.75. The predicted octanol–water partition coefficient (Wildman–Crippen LogP) is 7.18. The first-order valence-electron chi connectivity index (χ1n) is 9.00. The summed E-state index contributed by atoms with van der Waals surface area (Å²) >= 11 is 0. The maximum absolute atomic E-state index is 14.8. The van der Waals surface area contributed by atoms with Gasteiger partial charge in [0.2, 0.25) is 0 Å². The number of rotatable bonds is 8.